The van der Waals surface area contributed by atoms with Gasteiger partial charge >= 0.3 is 0 Å². The number of halogens is 1. The van der Waals surface area contributed by atoms with Gasteiger partial charge in [-0.2, -0.15) is 0 Å². The minimum absolute atomic E-state index is 0.0744. The molecule has 5 heteroatoms. The Balaban J connectivity index is 2.16. The summed E-state index contributed by atoms with van der Waals surface area (Å²) >= 11 is 5.71. The number of ether oxygens (including phenoxy) is 1. The average Bonchev–Trinajstić information content (AvgIpc) is 2.76. The number of anilines is 1. The standard InChI is InChI=1S/C12H10ClNO3/c1-16-9-4-2-3-8(7-9)14-12(15)10-5-6-17-11(10)13/h2-7H,1H3,(H,14,15). The fraction of sp³-hybridized carbons (Fsp3) is 0.0833. The Morgan fingerprint density at radius 3 is 2.88 bits per heavy atom. The van der Waals surface area contributed by atoms with Gasteiger partial charge < -0.3 is 14.5 Å². The van der Waals surface area contributed by atoms with Gasteiger partial charge in [0.1, 0.15) is 5.75 Å². The second-order valence-electron chi connectivity index (χ2n) is 3.29. The van der Waals surface area contributed by atoms with Crippen molar-refractivity contribution in [1.29, 1.82) is 0 Å². The van der Waals surface area contributed by atoms with E-state index in [4.69, 9.17) is 20.8 Å². The molecule has 2 rings (SSSR count). The summed E-state index contributed by atoms with van der Waals surface area (Å²) in [5.74, 6) is 0.345. The molecule has 4 nitrogen and oxygen atoms in total. The number of furan rings is 1. The summed E-state index contributed by atoms with van der Waals surface area (Å²) < 4.78 is 9.90. The van der Waals surface area contributed by atoms with Gasteiger partial charge in [-0.3, -0.25) is 4.79 Å². The van der Waals surface area contributed by atoms with Crippen LogP contribution in [0.15, 0.2) is 41.0 Å². The minimum Gasteiger partial charge on any atom is -0.497 e. The zero-order valence-electron chi connectivity index (χ0n) is 9.07. The third-order valence-electron chi connectivity index (χ3n) is 2.19. The van der Waals surface area contributed by atoms with E-state index >= 15 is 0 Å². The van der Waals surface area contributed by atoms with E-state index in [1.807, 2.05) is 0 Å². The molecule has 1 N–H and O–H groups in total. The highest BCUT2D eigenvalue weighted by atomic mass is 35.5. The van der Waals surface area contributed by atoms with Crippen molar-refractivity contribution in [2.24, 2.45) is 0 Å². The zero-order chi connectivity index (χ0) is 12.3. The smallest absolute Gasteiger partial charge is 0.260 e. The number of rotatable bonds is 3. The van der Waals surface area contributed by atoms with Gasteiger partial charge in [0.2, 0.25) is 5.22 Å². The van der Waals surface area contributed by atoms with Crippen molar-refractivity contribution in [3.8, 4) is 5.75 Å². The first-order chi connectivity index (χ1) is 8.20. The van der Waals surface area contributed by atoms with Crippen LogP contribution in [0.25, 0.3) is 0 Å². The van der Waals surface area contributed by atoms with Crippen LogP contribution in [0.1, 0.15) is 10.4 Å². The van der Waals surface area contributed by atoms with E-state index in [0.29, 0.717) is 17.0 Å². The second-order valence-corrected chi connectivity index (χ2v) is 3.64. The normalized spacial score (nSPS) is 10.0. The molecule has 0 atom stereocenters. The molecule has 0 spiro atoms. The summed E-state index contributed by atoms with van der Waals surface area (Å²) in [6.07, 6.45) is 1.36. The first-order valence-electron chi connectivity index (χ1n) is 4.89. The van der Waals surface area contributed by atoms with Crippen LogP contribution >= 0.6 is 11.6 Å². The zero-order valence-corrected chi connectivity index (χ0v) is 9.82. The van der Waals surface area contributed by atoms with Gasteiger partial charge in [0, 0.05) is 11.8 Å². The van der Waals surface area contributed by atoms with E-state index in [1.54, 1.807) is 31.4 Å². The number of carbonyl (C=O) groups excluding carboxylic acids is 1. The molecule has 0 saturated heterocycles. The van der Waals surface area contributed by atoms with Gasteiger partial charge in [0.15, 0.2) is 0 Å². The molecule has 0 aliphatic carbocycles. The number of methoxy groups -OCH3 is 1. The van der Waals surface area contributed by atoms with Gasteiger partial charge in [0.05, 0.1) is 18.9 Å². The summed E-state index contributed by atoms with van der Waals surface area (Å²) in [4.78, 5) is 11.8. The first kappa shape index (κ1) is 11.5. The van der Waals surface area contributed by atoms with E-state index in [0.717, 1.165) is 0 Å². The maximum absolute atomic E-state index is 11.8. The molecule has 17 heavy (non-hydrogen) atoms. The Morgan fingerprint density at radius 2 is 2.24 bits per heavy atom. The Morgan fingerprint density at radius 1 is 1.41 bits per heavy atom. The number of amides is 1. The van der Waals surface area contributed by atoms with Gasteiger partial charge in [-0.25, -0.2) is 0 Å². The van der Waals surface area contributed by atoms with Gasteiger partial charge in [-0.15, -0.1) is 0 Å². The third-order valence-corrected chi connectivity index (χ3v) is 2.48. The van der Waals surface area contributed by atoms with Crippen LogP contribution < -0.4 is 10.1 Å². The third kappa shape index (κ3) is 2.60. The maximum Gasteiger partial charge on any atom is 0.260 e. The van der Waals surface area contributed by atoms with Gasteiger partial charge in [-0.05, 0) is 29.8 Å². The van der Waals surface area contributed by atoms with Gasteiger partial charge in [0.25, 0.3) is 5.91 Å². The van der Waals surface area contributed by atoms with Crippen LogP contribution in [-0.2, 0) is 0 Å². The van der Waals surface area contributed by atoms with Crippen LogP contribution in [0.3, 0.4) is 0 Å². The molecule has 1 heterocycles. The highest BCUT2D eigenvalue weighted by Crippen LogP contribution is 2.20. The molecule has 0 saturated carbocycles. The summed E-state index contributed by atoms with van der Waals surface area (Å²) in [6, 6.07) is 8.56. The molecule has 0 unspecified atom stereocenters. The molecule has 0 bridgehead atoms. The summed E-state index contributed by atoms with van der Waals surface area (Å²) in [7, 11) is 1.56. The number of hydrogen-bond acceptors (Lipinski definition) is 3. The largest absolute Gasteiger partial charge is 0.497 e. The van der Waals surface area contributed by atoms with Crippen molar-refractivity contribution in [2.75, 3.05) is 12.4 Å². The number of carbonyl (C=O) groups is 1. The Kier molecular flexibility index (Phi) is 3.35. The van der Waals surface area contributed by atoms with E-state index in [2.05, 4.69) is 5.32 Å². The lowest BCUT2D eigenvalue weighted by atomic mass is 10.2. The SMILES string of the molecule is COc1cccc(NC(=O)c2ccoc2Cl)c1. The first-order valence-corrected chi connectivity index (χ1v) is 5.27. The van der Waals surface area contributed by atoms with Crippen LogP contribution in [0.5, 0.6) is 5.75 Å². The van der Waals surface area contributed by atoms with Crippen LogP contribution in [0.2, 0.25) is 5.22 Å². The van der Waals surface area contributed by atoms with Crippen LogP contribution in [0, 0.1) is 0 Å². The Bertz CT molecular complexity index is 536. The number of benzene rings is 1. The lowest BCUT2D eigenvalue weighted by molar-refractivity contribution is 0.102. The van der Waals surface area contributed by atoms with Crippen LogP contribution in [-0.4, -0.2) is 13.0 Å². The van der Waals surface area contributed by atoms with E-state index < -0.39 is 0 Å². The second kappa shape index (κ2) is 4.93. The molecule has 1 aromatic carbocycles. The number of nitrogens with one attached hydrogen (secondary N) is 1. The fourth-order valence-corrected chi connectivity index (χ4v) is 1.56. The van der Waals surface area contributed by atoms with E-state index in [1.165, 1.54) is 12.3 Å². The molecule has 1 aromatic heterocycles. The molecule has 88 valence electrons. The van der Waals surface area contributed by atoms with E-state index in [9.17, 15) is 4.79 Å². The topological polar surface area (TPSA) is 51.5 Å². The van der Waals surface area contributed by atoms with Crippen molar-refractivity contribution < 1.29 is 13.9 Å². The van der Waals surface area contributed by atoms with Crippen molar-refractivity contribution in [2.45, 2.75) is 0 Å². The molecule has 0 aliphatic rings. The molecule has 0 radical (unpaired) electrons. The van der Waals surface area contributed by atoms with Crippen molar-refractivity contribution in [3.63, 3.8) is 0 Å². The maximum atomic E-state index is 11.8. The predicted molar refractivity (Wildman–Crippen MR) is 64.7 cm³/mol. The lowest BCUT2D eigenvalue weighted by Crippen LogP contribution is -2.11. The summed E-state index contributed by atoms with van der Waals surface area (Å²) in [5.41, 5.74) is 0.932. The molecular weight excluding hydrogens is 242 g/mol. The molecule has 2 aromatic rings. The van der Waals surface area contributed by atoms with Crippen molar-refractivity contribution in [3.05, 3.63) is 47.4 Å². The van der Waals surface area contributed by atoms with Crippen molar-refractivity contribution >= 4 is 23.2 Å². The highest BCUT2D eigenvalue weighted by Gasteiger charge is 2.13. The van der Waals surface area contributed by atoms with Gasteiger partial charge in [-0.1, -0.05) is 6.07 Å². The Hall–Kier alpha value is -1.94. The minimum atomic E-state index is -0.322. The average molecular weight is 252 g/mol. The molecule has 0 fully saturated rings. The quantitative estimate of drug-likeness (QED) is 0.911. The Labute approximate surface area is 103 Å². The van der Waals surface area contributed by atoms with E-state index in [-0.39, 0.29) is 11.1 Å². The molecule has 0 aliphatic heterocycles. The highest BCUT2D eigenvalue weighted by molar-refractivity contribution is 6.32. The lowest BCUT2D eigenvalue weighted by Gasteiger charge is -2.05. The van der Waals surface area contributed by atoms with Crippen molar-refractivity contribution in [1.82, 2.24) is 0 Å². The molecule has 1 amide bonds. The summed E-state index contributed by atoms with van der Waals surface area (Å²) in [5, 5.41) is 2.77. The molecular formula is C12H10ClNO3. The van der Waals surface area contributed by atoms with Crippen LogP contribution in [0.4, 0.5) is 5.69 Å². The monoisotopic (exact) mass is 251 g/mol. The fourth-order valence-electron chi connectivity index (χ4n) is 1.36. The summed E-state index contributed by atoms with van der Waals surface area (Å²) in [6.45, 7) is 0. The predicted octanol–water partition coefficient (Wildman–Crippen LogP) is 3.19. The number of hydrogen-bond donors (Lipinski definition) is 1.